The molecule has 23 heavy (non-hydrogen) atoms. The highest BCUT2D eigenvalue weighted by molar-refractivity contribution is 7.91. The number of nitrogens with one attached hydrogen (secondary N) is 1. The van der Waals surface area contributed by atoms with Crippen LogP contribution in [0.4, 0.5) is 0 Å². The highest BCUT2D eigenvalue weighted by Crippen LogP contribution is 2.31. The topological polar surface area (TPSA) is 83.1 Å². The Labute approximate surface area is 139 Å². The van der Waals surface area contributed by atoms with Gasteiger partial charge in [-0.15, -0.1) is 11.3 Å². The summed E-state index contributed by atoms with van der Waals surface area (Å²) in [6.45, 7) is 0. The molecule has 2 heterocycles. The minimum absolute atomic E-state index is 0.0884. The fourth-order valence-corrected chi connectivity index (χ4v) is 5.65. The molecule has 1 N–H and O–H groups in total. The van der Waals surface area contributed by atoms with Crippen molar-refractivity contribution in [2.45, 2.75) is 42.4 Å². The summed E-state index contributed by atoms with van der Waals surface area (Å²) in [5.41, 5.74) is 0.971. The van der Waals surface area contributed by atoms with Crippen LogP contribution in [0.2, 0.25) is 0 Å². The molecule has 0 amide bonds. The summed E-state index contributed by atoms with van der Waals surface area (Å²) in [5, 5.41) is 8.05. The van der Waals surface area contributed by atoms with Gasteiger partial charge < -0.3 is 0 Å². The number of rotatable bonds is 4. The van der Waals surface area contributed by atoms with Gasteiger partial charge in [0.2, 0.25) is 0 Å². The van der Waals surface area contributed by atoms with Crippen LogP contribution in [-0.4, -0.2) is 36.0 Å². The molecule has 0 aliphatic heterocycles. The van der Waals surface area contributed by atoms with Crippen molar-refractivity contribution < 1.29 is 8.42 Å². The molecule has 1 aliphatic carbocycles. The Hall–Kier alpha value is -1.51. The number of aromatic amines is 1. The molecule has 0 saturated heterocycles. The van der Waals surface area contributed by atoms with Gasteiger partial charge in [-0.05, 0) is 25.0 Å². The Balaban J connectivity index is 1.86. The largest absolute Gasteiger partial charge is 0.268 e. The Morgan fingerprint density at radius 2 is 2.00 bits per heavy atom. The van der Waals surface area contributed by atoms with Gasteiger partial charge in [-0.25, -0.2) is 13.5 Å². The van der Waals surface area contributed by atoms with Crippen molar-refractivity contribution in [3.8, 4) is 11.3 Å². The number of hydrogen-bond donors (Lipinski definition) is 1. The van der Waals surface area contributed by atoms with Crippen molar-refractivity contribution >= 4 is 21.4 Å². The SMILES string of the molecule is CN(C1CCCCC1)S(=O)(=O)c1cc(-c2ccc(=O)[nH]n2)cs1. The Morgan fingerprint density at radius 3 is 2.65 bits per heavy atom. The van der Waals surface area contributed by atoms with Gasteiger partial charge in [0.1, 0.15) is 4.21 Å². The van der Waals surface area contributed by atoms with E-state index in [2.05, 4.69) is 10.2 Å². The van der Waals surface area contributed by atoms with Gasteiger partial charge in [0.25, 0.3) is 15.6 Å². The van der Waals surface area contributed by atoms with E-state index in [1.807, 2.05) is 0 Å². The first-order valence-electron chi connectivity index (χ1n) is 7.61. The Morgan fingerprint density at radius 1 is 1.26 bits per heavy atom. The molecular formula is C15H19N3O3S2. The zero-order chi connectivity index (χ0) is 16.4. The third-order valence-electron chi connectivity index (χ3n) is 4.27. The molecule has 0 atom stereocenters. The smallest absolute Gasteiger partial charge is 0.264 e. The van der Waals surface area contributed by atoms with E-state index in [-0.39, 0.29) is 11.6 Å². The summed E-state index contributed by atoms with van der Waals surface area (Å²) in [7, 11) is -1.81. The van der Waals surface area contributed by atoms with Gasteiger partial charge in [-0.1, -0.05) is 19.3 Å². The predicted octanol–water partition coefficient (Wildman–Crippen LogP) is 2.45. The lowest BCUT2D eigenvalue weighted by molar-refractivity contribution is 0.286. The van der Waals surface area contributed by atoms with Gasteiger partial charge in [-0.3, -0.25) is 4.79 Å². The molecule has 6 nitrogen and oxygen atoms in total. The number of nitrogens with zero attached hydrogens (tertiary/aromatic N) is 2. The van der Waals surface area contributed by atoms with Crippen molar-refractivity contribution in [1.82, 2.24) is 14.5 Å². The van der Waals surface area contributed by atoms with Crippen molar-refractivity contribution in [2.75, 3.05) is 7.05 Å². The van der Waals surface area contributed by atoms with E-state index in [4.69, 9.17) is 0 Å². The van der Waals surface area contributed by atoms with E-state index in [1.54, 1.807) is 24.6 Å². The average molecular weight is 353 g/mol. The number of aromatic nitrogens is 2. The van der Waals surface area contributed by atoms with Gasteiger partial charge in [0.05, 0.1) is 5.69 Å². The lowest BCUT2D eigenvalue weighted by Crippen LogP contribution is -2.37. The highest BCUT2D eigenvalue weighted by Gasteiger charge is 2.30. The first-order chi connectivity index (χ1) is 11.0. The number of thiophene rings is 1. The van der Waals surface area contributed by atoms with E-state index in [9.17, 15) is 13.2 Å². The van der Waals surface area contributed by atoms with Gasteiger partial charge in [0, 0.05) is 30.1 Å². The molecule has 0 radical (unpaired) electrons. The zero-order valence-electron chi connectivity index (χ0n) is 12.9. The molecular weight excluding hydrogens is 334 g/mol. The maximum Gasteiger partial charge on any atom is 0.264 e. The van der Waals surface area contributed by atoms with E-state index in [0.717, 1.165) is 25.7 Å². The van der Waals surface area contributed by atoms with Crippen LogP contribution >= 0.6 is 11.3 Å². The zero-order valence-corrected chi connectivity index (χ0v) is 14.5. The van der Waals surface area contributed by atoms with Crippen LogP contribution in [-0.2, 0) is 10.0 Å². The summed E-state index contributed by atoms with van der Waals surface area (Å²) < 4.78 is 27.4. The molecule has 1 fully saturated rings. The second kappa shape index (κ2) is 6.54. The lowest BCUT2D eigenvalue weighted by Gasteiger charge is -2.29. The molecule has 124 valence electrons. The fourth-order valence-electron chi connectivity index (χ4n) is 2.87. The van der Waals surface area contributed by atoms with Crippen molar-refractivity contribution in [1.29, 1.82) is 0 Å². The summed E-state index contributed by atoms with van der Waals surface area (Å²) in [5.74, 6) is 0. The summed E-state index contributed by atoms with van der Waals surface area (Å²) in [6, 6.07) is 4.68. The standard InChI is InChI=1S/C15H19N3O3S2/c1-18(12-5-3-2-4-6-12)23(20,21)15-9-11(10-22-15)13-7-8-14(19)17-16-13/h7-10,12H,2-6H2,1H3,(H,17,19). The Bertz CT molecular complexity index is 815. The number of sulfonamides is 1. The maximum atomic E-state index is 12.8. The molecule has 0 aromatic carbocycles. The van der Waals surface area contributed by atoms with Crippen LogP contribution in [0.1, 0.15) is 32.1 Å². The minimum Gasteiger partial charge on any atom is -0.268 e. The average Bonchev–Trinajstić information content (AvgIpc) is 3.06. The van der Waals surface area contributed by atoms with Crippen LogP contribution in [0.25, 0.3) is 11.3 Å². The van der Waals surface area contributed by atoms with E-state index < -0.39 is 10.0 Å². The molecule has 0 unspecified atom stereocenters. The molecule has 2 aromatic rings. The van der Waals surface area contributed by atoms with E-state index >= 15 is 0 Å². The van der Waals surface area contributed by atoms with Gasteiger partial charge in [-0.2, -0.15) is 9.40 Å². The lowest BCUT2D eigenvalue weighted by atomic mass is 9.96. The van der Waals surface area contributed by atoms with Crippen molar-refractivity contribution in [3.63, 3.8) is 0 Å². The molecule has 2 aromatic heterocycles. The predicted molar refractivity (Wildman–Crippen MR) is 90.0 cm³/mol. The van der Waals surface area contributed by atoms with Gasteiger partial charge >= 0.3 is 0 Å². The summed E-state index contributed by atoms with van der Waals surface area (Å²) in [6.07, 6.45) is 5.21. The summed E-state index contributed by atoms with van der Waals surface area (Å²) >= 11 is 1.19. The molecule has 3 rings (SSSR count). The second-order valence-corrected chi connectivity index (χ2v) is 8.91. The molecule has 0 bridgehead atoms. The summed E-state index contributed by atoms with van der Waals surface area (Å²) in [4.78, 5) is 11.1. The fraction of sp³-hybridized carbons (Fsp3) is 0.467. The van der Waals surface area contributed by atoms with Crippen LogP contribution in [0.5, 0.6) is 0 Å². The molecule has 1 aliphatic rings. The Kier molecular flexibility index (Phi) is 4.65. The van der Waals surface area contributed by atoms with Crippen LogP contribution in [0.3, 0.4) is 0 Å². The van der Waals surface area contributed by atoms with Crippen molar-refractivity contribution in [2.24, 2.45) is 0 Å². The number of H-pyrrole nitrogens is 1. The van der Waals surface area contributed by atoms with E-state index in [0.29, 0.717) is 15.5 Å². The van der Waals surface area contributed by atoms with E-state index in [1.165, 1.54) is 28.1 Å². The third kappa shape index (κ3) is 3.39. The number of hydrogen-bond acceptors (Lipinski definition) is 5. The highest BCUT2D eigenvalue weighted by atomic mass is 32.2. The van der Waals surface area contributed by atoms with Gasteiger partial charge in [0.15, 0.2) is 0 Å². The molecule has 1 saturated carbocycles. The third-order valence-corrected chi connectivity index (χ3v) is 7.60. The monoisotopic (exact) mass is 353 g/mol. The molecule has 8 heteroatoms. The molecule has 0 spiro atoms. The van der Waals surface area contributed by atoms with Crippen molar-refractivity contribution in [3.05, 3.63) is 33.9 Å². The maximum absolute atomic E-state index is 12.8. The van der Waals surface area contributed by atoms with Crippen LogP contribution in [0, 0.1) is 0 Å². The van der Waals surface area contributed by atoms with Crippen LogP contribution < -0.4 is 5.56 Å². The first-order valence-corrected chi connectivity index (χ1v) is 9.93. The van der Waals surface area contributed by atoms with Crippen LogP contribution in [0.15, 0.2) is 32.6 Å². The quantitative estimate of drug-likeness (QED) is 0.915. The second-order valence-electron chi connectivity index (χ2n) is 5.77. The minimum atomic E-state index is -3.48. The first kappa shape index (κ1) is 16.4. The normalized spacial score (nSPS) is 16.8.